The first-order chi connectivity index (χ1) is 15.9. The van der Waals surface area contributed by atoms with Gasteiger partial charge in [-0.2, -0.15) is 0 Å². The number of hydrogen-bond donors (Lipinski definition) is 1. The highest BCUT2D eigenvalue weighted by atomic mass is 15.0. The summed E-state index contributed by atoms with van der Waals surface area (Å²) in [6.07, 6.45) is 0. The van der Waals surface area contributed by atoms with E-state index in [9.17, 15) is 0 Å². The minimum atomic E-state index is 1.08. The van der Waals surface area contributed by atoms with Gasteiger partial charge in [-0.3, -0.25) is 0 Å². The monoisotopic (exact) mass is 410 g/mol. The molecule has 0 unspecified atom stereocenters. The molecule has 0 aliphatic rings. The van der Waals surface area contributed by atoms with Crippen LogP contribution in [0.4, 0.5) is 11.4 Å². The number of hydrogen-bond acceptors (Lipinski definition) is 1. The molecule has 5 aromatic carbocycles. The van der Waals surface area contributed by atoms with Gasteiger partial charge in [0.2, 0.25) is 0 Å². The first-order valence-corrected chi connectivity index (χ1v) is 10.9. The van der Waals surface area contributed by atoms with E-state index >= 15 is 0 Å². The second-order valence-corrected chi connectivity index (χ2v) is 7.96. The van der Waals surface area contributed by atoms with Crippen LogP contribution in [0.2, 0.25) is 0 Å². The molecule has 0 saturated heterocycles. The van der Waals surface area contributed by atoms with Crippen molar-refractivity contribution in [3.63, 3.8) is 0 Å². The smallest absolute Gasteiger partial charge is 0.0541 e. The lowest BCUT2D eigenvalue weighted by atomic mass is 10.0. The summed E-state index contributed by atoms with van der Waals surface area (Å²) in [4.78, 5) is 0. The molecule has 1 heterocycles. The molecule has 2 nitrogen and oxygen atoms in total. The molecule has 0 spiro atoms. The Hall–Kier alpha value is -4.30. The summed E-state index contributed by atoms with van der Waals surface area (Å²) in [6, 6.07) is 44.9. The number of aromatic nitrogens is 1. The molecule has 0 bridgehead atoms. The Morgan fingerprint density at radius 1 is 0.438 bits per heavy atom. The van der Waals surface area contributed by atoms with Crippen molar-refractivity contribution in [2.24, 2.45) is 0 Å². The molecule has 0 saturated carbocycles. The minimum absolute atomic E-state index is 1.08. The van der Waals surface area contributed by atoms with Crippen molar-refractivity contribution in [2.75, 3.05) is 5.32 Å². The quantitative estimate of drug-likeness (QED) is 0.310. The van der Waals surface area contributed by atoms with Gasteiger partial charge in [0.05, 0.1) is 16.7 Å². The molecule has 0 amide bonds. The molecule has 1 aromatic heterocycles. The van der Waals surface area contributed by atoms with E-state index < -0.39 is 0 Å². The number of rotatable bonds is 4. The summed E-state index contributed by atoms with van der Waals surface area (Å²) in [5.41, 5.74) is 8.22. The largest absolute Gasteiger partial charge is 0.356 e. The van der Waals surface area contributed by atoms with E-state index in [1.165, 1.54) is 38.6 Å². The number of fused-ring (bicyclic) bond motifs is 3. The maximum Gasteiger partial charge on any atom is 0.0541 e. The molecule has 0 fully saturated rings. The van der Waals surface area contributed by atoms with Crippen LogP contribution in [-0.4, -0.2) is 4.57 Å². The van der Waals surface area contributed by atoms with Crippen LogP contribution >= 0.6 is 0 Å². The van der Waals surface area contributed by atoms with Crippen molar-refractivity contribution in [3.05, 3.63) is 127 Å². The Labute approximate surface area is 187 Å². The molecule has 0 aliphatic carbocycles. The average molecular weight is 411 g/mol. The van der Waals surface area contributed by atoms with Crippen LogP contribution in [0, 0.1) is 0 Å². The first-order valence-electron chi connectivity index (χ1n) is 10.9. The van der Waals surface area contributed by atoms with Gasteiger partial charge in [0.25, 0.3) is 0 Å². The van der Waals surface area contributed by atoms with Crippen molar-refractivity contribution in [2.45, 2.75) is 0 Å². The van der Waals surface area contributed by atoms with Crippen molar-refractivity contribution < 1.29 is 0 Å². The molecule has 1 N–H and O–H groups in total. The van der Waals surface area contributed by atoms with Gasteiger partial charge in [-0.05, 0) is 48.0 Å². The fourth-order valence-electron chi connectivity index (χ4n) is 4.52. The van der Waals surface area contributed by atoms with Gasteiger partial charge in [-0.1, -0.05) is 84.9 Å². The average Bonchev–Trinajstić information content (AvgIpc) is 3.20. The SMILES string of the molecule is c1ccc(Nc2ccc(-c3ccccc3-n3c4ccccc4c4ccccc43)cc2)cc1. The number of nitrogens with one attached hydrogen (secondary N) is 1. The molecule has 0 radical (unpaired) electrons. The predicted molar refractivity (Wildman–Crippen MR) is 136 cm³/mol. The zero-order valence-electron chi connectivity index (χ0n) is 17.6. The van der Waals surface area contributed by atoms with E-state index in [0.717, 1.165) is 11.4 Å². The fourth-order valence-corrected chi connectivity index (χ4v) is 4.52. The number of anilines is 2. The maximum absolute atomic E-state index is 3.47. The van der Waals surface area contributed by atoms with Gasteiger partial charge in [0.1, 0.15) is 0 Å². The third-order valence-electron chi connectivity index (χ3n) is 5.98. The summed E-state index contributed by atoms with van der Waals surface area (Å²) in [7, 11) is 0. The Kier molecular flexibility index (Phi) is 4.47. The summed E-state index contributed by atoms with van der Waals surface area (Å²) >= 11 is 0. The highest BCUT2D eigenvalue weighted by Crippen LogP contribution is 2.36. The number of para-hydroxylation sites is 4. The van der Waals surface area contributed by atoms with Gasteiger partial charge in [-0.25, -0.2) is 0 Å². The standard InChI is InChI=1S/C30H22N2/c1-2-10-23(11-3-1)31-24-20-18-22(19-21-24)25-12-4-7-15-28(25)32-29-16-8-5-13-26(29)27-14-6-9-17-30(27)32/h1-21,31H. The van der Waals surface area contributed by atoms with Crippen molar-refractivity contribution in [1.29, 1.82) is 0 Å². The zero-order valence-corrected chi connectivity index (χ0v) is 17.6. The lowest BCUT2D eigenvalue weighted by Gasteiger charge is -2.14. The fraction of sp³-hybridized carbons (Fsp3) is 0. The number of nitrogens with zero attached hydrogens (tertiary/aromatic N) is 1. The third kappa shape index (κ3) is 3.14. The summed E-state index contributed by atoms with van der Waals surface area (Å²) < 4.78 is 2.39. The highest BCUT2D eigenvalue weighted by molar-refractivity contribution is 6.09. The van der Waals surface area contributed by atoms with Crippen LogP contribution < -0.4 is 5.32 Å². The van der Waals surface area contributed by atoms with E-state index in [-0.39, 0.29) is 0 Å². The van der Waals surface area contributed by atoms with E-state index in [4.69, 9.17) is 0 Å². The maximum atomic E-state index is 3.47. The second kappa shape index (κ2) is 7.75. The van der Waals surface area contributed by atoms with Gasteiger partial charge in [0, 0.05) is 27.7 Å². The zero-order chi connectivity index (χ0) is 21.3. The first kappa shape index (κ1) is 18.5. The summed E-state index contributed by atoms with van der Waals surface area (Å²) in [5.74, 6) is 0. The summed E-state index contributed by atoms with van der Waals surface area (Å²) in [6.45, 7) is 0. The van der Waals surface area contributed by atoms with E-state index in [2.05, 4.69) is 119 Å². The molecule has 32 heavy (non-hydrogen) atoms. The molecule has 152 valence electrons. The molecular formula is C30H22N2. The van der Waals surface area contributed by atoms with Crippen LogP contribution in [0.15, 0.2) is 127 Å². The van der Waals surface area contributed by atoms with Crippen LogP contribution in [-0.2, 0) is 0 Å². The molecule has 2 heteroatoms. The molecule has 0 atom stereocenters. The van der Waals surface area contributed by atoms with Crippen LogP contribution in [0.25, 0.3) is 38.6 Å². The van der Waals surface area contributed by atoms with Gasteiger partial charge in [-0.15, -0.1) is 0 Å². The Morgan fingerprint density at radius 3 is 1.66 bits per heavy atom. The van der Waals surface area contributed by atoms with Crippen LogP contribution in [0.5, 0.6) is 0 Å². The minimum Gasteiger partial charge on any atom is -0.356 e. The Balaban J connectivity index is 1.48. The third-order valence-corrected chi connectivity index (χ3v) is 5.98. The van der Waals surface area contributed by atoms with E-state index in [0.29, 0.717) is 0 Å². The number of benzene rings is 5. The van der Waals surface area contributed by atoms with Crippen molar-refractivity contribution in [1.82, 2.24) is 4.57 Å². The highest BCUT2D eigenvalue weighted by Gasteiger charge is 2.14. The van der Waals surface area contributed by atoms with Crippen molar-refractivity contribution >= 4 is 33.2 Å². The van der Waals surface area contributed by atoms with Gasteiger partial charge < -0.3 is 9.88 Å². The van der Waals surface area contributed by atoms with Gasteiger partial charge in [0.15, 0.2) is 0 Å². The second-order valence-electron chi connectivity index (χ2n) is 7.96. The Morgan fingerprint density at radius 2 is 0.969 bits per heavy atom. The molecular weight excluding hydrogens is 388 g/mol. The predicted octanol–water partition coefficient (Wildman–Crippen LogP) is 8.19. The molecule has 0 aliphatic heterocycles. The van der Waals surface area contributed by atoms with Crippen molar-refractivity contribution in [3.8, 4) is 16.8 Å². The lowest BCUT2D eigenvalue weighted by molar-refractivity contribution is 1.18. The van der Waals surface area contributed by atoms with Gasteiger partial charge >= 0.3 is 0 Å². The molecule has 6 rings (SSSR count). The van der Waals surface area contributed by atoms with Crippen LogP contribution in [0.3, 0.4) is 0 Å². The van der Waals surface area contributed by atoms with E-state index in [1.54, 1.807) is 0 Å². The molecule has 6 aromatic rings. The van der Waals surface area contributed by atoms with E-state index in [1.807, 2.05) is 18.2 Å². The summed E-state index contributed by atoms with van der Waals surface area (Å²) in [5, 5.41) is 6.02. The normalized spacial score (nSPS) is 11.1. The lowest BCUT2D eigenvalue weighted by Crippen LogP contribution is -1.97. The Bertz CT molecular complexity index is 1470. The van der Waals surface area contributed by atoms with Crippen LogP contribution in [0.1, 0.15) is 0 Å². The topological polar surface area (TPSA) is 17.0 Å².